The van der Waals surface area contributed by atoms with Gasteiger partial charge in [0.25, 0.3) is 0 Å². The summed E-state index contributed by atoms with van der Waals surface area (Å²) in [7, 11) is 0. The molecule has 0 atom stereocenters. The molecule has 0 fully saturated rings. The summed E-state index contributed by atoms with van der Waals surface area (Å²) < 4.78 is 0.633. The molecule has 0 aliphatic carbocycles. The molecule has 98 valence electrons. The lowest BCUT2D eigenvalue weighted by molar-refractivity contribution is 0.0696. The molecule has 5 heteroatoms. The molecule has 0 unspecified atom stereocenters. The number of fused-ring (bicyclic) bond motifs is 1. The highest BCUT2D eigenvalue weighted by molar-refractivity contribution is 9.10. The number of hydrogen-bond acceptors (Lipinski definition) is 3. The molecular formula is C14H12BrNO2S. The van der Waals surface area contributed by atoms with Crippen molar-refractivity contribution in [2.75, 3.05) is 11.4 Å². The zero-order valence-corrected chi connectivity index (χ0v) is 12.5. The Morgan fingerprint density at radius 1 is 1.37 bits per heavy atom. The molecule has 0 bridgehead atoms. The van der Waals surface area contributed by atoms with Crippen LogP contribution in [0.25, 0.3) is 0 Å². The number of benzene rings is 1. The second kappa shape index (κ2) is 4.98. The van der Waals surface area contributed by atoms with Crippen molar-refractivity contribution in [1.82, 2.24) is 0 Å². The van der Waals surface area contributed by atoms with E-state index in [2.05, 4.69) is 32.3 Å². The van der Waals surface area contributed by atoms with Crippen molar-refractivity contribution in [3.8, 4) is 0 Å². The number of anilines is 1. The highest BCUT2D eigenvalue weighted by atomic mass is 79.9. The van der Waals surface area contributed by atoms with E-state index in [1.807, 2.05) is 23.5 Å². The van der Waals surface area contributed by atoms with Crippen molar-refractivity contribution in [2.24, 2.45) is 0 Å². The summed E-state index contributed by atoms with van der Waals surface area (Å²) in [5, 5.41) is 11.2. The molecule has 0 radical (unpaired) electrons. The lowest BCUT2D eigenvalue weighted by Crippen LogP contribution is -2.29. The Kier molecular flexibility index (Phi) is 3.33. The molecule has 3 nitrogen and oxygen atoms in total. The van der Waals surface area contributed by atoms with Crippen LogP contribution in [-0.4, -0.2) is 17.6 Å². The zero-order chi connectivity index (χ0) is 13.4. The van der Waals surface area contributed by atoms with Crippen LogP contribution in [-0.2, 0) is 13.0 Å². The quantitative estimate of drug-likeness (QED) is 0.906. The fourth-order valence-electron chi connectivity index (χ4n) is 2.34. The SMILES string of the molecule is O=C(O)c1ccc(N2CCc3sccc3C2)cc1Br. The molecule has 0 amide bonds. The minimum atomic E-state index is -0.905. The van der Waals surface area contributed by atoms with Crippen molar-refractivity contribution in [1.29, 1.82) is 0 Å². The smallest absolute Gasteiger partial charge is 0.336 e. The van der Waals surface area contributed by atoms with E-state index < -0.39 is 5.97 Å². The highest BCUT2D eigenvalue weighted by Crippen LogP contribution is 2.30. The van der Waals surface area contributed by atoms with Gasteiger partial charge in [0.15, 0.2) is 0 Å². The highest BCUT2D eigenvalue weighted by Gasteiger charge is 2.18. The van der Waals surface area contributed by atoms with Crippen LogP contribution in [0, 0.1) is 0 Å². The molecule has 0 spiro atoms. The summed E-state index contributed by atoms with van der Waals surface area (Å²) in [6.07, 6.45) is 1.06. The molecule has 2 heterocycles. The first-order valence-electron chi connectivity index (χ1n) is 5.98. The predicted octanol–water partition coefficient (Wildman–Crippen LogP) is 3.77. The number of halogens is 1. The first-order valence-corrected chi connectivity index (χ1v) is 7.65. The van der Waals surface area contributed by atoms with Gasteiger partial charge in [-0.1, -0.05) is 0 Å². The minimum absolute atomic E-state index is 0.303. The first kappa shape index (κ1) is 12.7. The molecule has 3 rings (SSSR count). The summed E-state index contributed by atoms with van der Waals surface area (Å²) >= 11 is 5.15. The van der Waals surface area contributed by atoms with Gasteiger partial charge in [0.2, 0.25) is 0 Å². The largest absolute Gasteiger partial charge is 0.478 e. The van der Waals surface area contributed by atoms with Gasteiger partial charge in [-0.15, -0.1) is 11.3 Å². The maximum absolute atomic E-state index is 11.0. The molecule has 1 aliphatic heterocycles. The van der Waals surface area contributed by atoms with E-state index in [1.165, 1.54) is 10.4 Å². The summed E-state index contributed by atoms with van der Waals surface area (Å²) in [4.78, 5) is 14.7. The first-order chi connectivity index (χ1) is 9.15. The van der Waals surface area contributed by atoms with Gasteiger partial charge in [-0.2, -0.15) is 0 Å². The fraction of sp³-hybridized carbons (Fsp3) is 0.214. The summed E-state index contributed by atoms with van der Waals surface area (Å²) in [6.45, 7) is 1.88. The van der Waals surface area contributed by atoms with Gasteiger partial charge in [0.1, 0.15) is 0 Å². The van der Waals surface area contributed by atoms with Crippen molar-refractivity contribution in [3.05, 3.63) is 50.1 Å². The average molecular weight is 338 g/mol. The number of carboxylic acid groups (broad SMARTS) is 1. The normalized spacial score (nSPS) is 14.3. The lowest BCUT2D eigenvalue weighted by Gasteiger charge is -2.29. The molecule has 2 aromatic rings. The van der Waals surface area contributed by atoms with E-state index in [4.69, 9.17) is 5.11 Å². The second-order valence-corrected chi connectivity index (χ2v) is 6.36. The Balaban J connectivity index is 1.88. The van der Waals surface area contributed by atoms with E-state index in [-0.39, 0.29) is 0 Å². The Bertz CT molecular complexity index is 638. The number of hydrogen-bond donors (Lipinski definition) is 1. The van der Waals surface area contributed by atoms with Gasteiger partial charge in [0, 0.05) is 28.1 Å². The van der Waals surface area contributed by atoms with Crippen LogP contribution >= 0.6 is 27.3 Å². The Hall–Kier alpha value is -1.33. The third kappa shape index (κ3) is 2.40. The van der Waals surface area contributed by atoms with E-state index in [0.717, 1.165) is 25.2 Å². The van der Waals surface area contributed by atoms with E-state index in [9.17, 15) is 4.79 Å². The van der Waals surface area contributed by atoms with Crippen LogP contribution in [0.5, 0.6) is 0 Å². The predicted molar refractivity (Wildman–Crippen MR) is 80.2 cm³/mol. The van der Waals surface area contributed by atoms with Crippen LogP contribution in [0.15, 0.2) is 34.1 Å². The third-order valence-corrected chi connectivity index (χ3v) is 5.03. The van der Waals surface area contributed by atoms with Crippen molar-refractivity contribution in [3.63, 3.8) is 0 Å². The van der Waals surface area contributed by atoms with Crippen molar-refractivity contribution < 1.29 is 9.90 Å². The summed E-state index contributed by atoms with van der Waals surface area (Å²) in [6, 6.07) is 7.60. The molecule has 1 aromatic carbocycles. The molecule has 1 N–H and O–H groups in total. The molecule has 19 heavy (non-hydrogen) atoms. The van der Waals surface area contributed by atoms with Gasteiger partial charge in [-0.25, -0.2) is 4.79 Å². The van der Waals surface area contributed by atoms with E-state index in [1.54, 1.807) is 6.07 Å². The van der Waals surface area contributed by atoms with Crippen molar-refractivity contribution >= 4 is 38.9 Å². The Labute approximate surface area is 123 Å². The van der Waals surface area contributed by atoms with Gasteiger partial charge in [0.05, 0.1) is 5.56 Å². The second-order valence-electron chi connectivity index (χ2n) is 4.51. The van der Waals surface area contributed by atoms with Gasteiger partial charge >= 0.3 is 5.97 Å². The van der Waals surface area contributed by atoms with Crippen LogP contribution in [0.3, 0.4) is 0 Å². The zero-order valence-electron chi connectivity index (χ0n) is 10.1. The number of nitrogens with zero attached hydrogens (tertiary/aromatic N) is 1. The molecule has 0 saturated heterocycles. The topological polar surface area (TPSA) is 40.5 Å². The number of rotatable bonds is 2. The summed E-state index contributed by atoms with van der Waals surface area (Å²) in [5.41, 5.74) is 2.75. The van der Waals surface area contributed by atoms with E-state index in [0.29, 0.717) is 10.0 Å². The average Bonchev–Trinajstić information content (AvgIpc) is 2.85. The standard InChI is InChI=1S/C14H12BrNO2S/c15-12-7-10(1-2-11(12)14(17)18)16-5-3-13-9(8-16)4-6-19-13/h1-2,4,6-7H,3,5,8H2,(H,17,18). The maximum atomic E-state index is 11.0. The number of carboxylic acids is 1. The Morgan fingerprint density at radius 3 is 2.95 bits per heavy atom. The van der Waals surface area contributed by atoms with Gasteiger partial charge in [-0.05, 0) is 57.6 Å². The van der Waals surface area contributed by atoms with Crippen LogP contribution in [0.2, 0.25) is 0 Å². The van der Waals surface area contributed by atoms with Crippen LogP contribution in [0.1, 0.15) is 20.8 Å². The maximum Gasteiger partial charge on any atom is 0.336 e. The fourth-order valence-corrected chi connectivity index (χ4v) is 3.77. The van der Waals surface area contributed by atoms with Crippen LogP contribution < -0.4 is 4.90 Å². The third-order valence-electron chi connectivity index (χ3n) is 3.36. The molecular weight excluding hydrogens is 326 g/mol. The molecule has 1 aliphatic rings. The van der Waals surface area contributed by atoms with Crippen LogP contribution in [0.4, 0.5) is 5.69 Å². The number of aromatic carboxylic acids is 1. The monoisotopic (exact) mass is 337 g/mol. The van der Waals surface area contributed by atoms with Gasteiger partial charge in [-0.3, -0.25) is 0 Å². The summed E-state index contributed by atoms with van der Waals surface area (Å²) in [5.74, 6) is -0.905. The number of thiophene rings is 1. The lowest BCUT2D eigenvalue weighted by atomic mass is 10.1. The Morgan fingerprint density at radius 2 is 2.21 bits per heavy atom. The molecule has 1 aromatic heterocycles. The molecule has 0 saturated carbocycles. The number of carbonyl (C=O) groups is 1. The minimum Gasteiger partial charge on any atom is -0.478 e. The van der Waals surface area contributed by atoms with E-state index >= 15 is 0 Å². The van der Waals surface area contributed by atoms with Gasteiger partial charge < -0.3 is 10.0 Å². The van der Waals surface area contributed by atoms with Crippen molar-refractivity contribution in [2.45, 2.75) is 13.0 Å².